The van der Waals surface area contributed by atoms with E-state index in [1.54, 1.807) is 10.9 Å². The molecule has 0 aliphatic heterocycles. The first-order valence-electron chi connectivity index (χ1n) is 7.45. The second-order valence-electron chi connectivity index (χ2n) is 5.45. The largest absolute Gasteiger partial charge is 0.354 e. The van der Waals surface area contributed by atoms with Gasteiger partial charge in [-0.15, -0.1) is 0 Å². The van der Waals surface area contributed by atoms with E-state index < -0.39 is 0 Å². The lowest BCUT2D eigenvalue weighted by Gasteiger charge is -2.07. The number of rotatable bonds is 5. The SMILES string of the molecule is Cc1ccc2cnn(CC(=O)NCCc3ccccc3)c2c1. The molecule has 2 aromatic carbocycles. The Labute approximate surface area is 129 Å². The number of carbonyl (C=O) groups is 1. The van der Waals surface area contributed by atoms with E-state index in [0.29, 0.717) is 6.54 Å². The fraction of sp³-hybridized carbons (Fsp3) is 0.222. The van der Waals surface area contributed by atoms with E-state index in [1.807, 2.05) is 37.3 Å². The first kappa shape index (κ1) is 14.3. The van der Waals surface area contributed by atoms with E-state index in [4.69, 9.17) is 0 Å². The third-order valence-corrected chi connectivity index (χ3v) is 3.67. The van der Waals surface area contributed by atoms with Gasteiger partial charge in [0.15, 0.2) is 0 Å². The van der Waals surface area contributed by atoms with Gasteiger partial charge < -0.3 is 5.32 Å². The molecule has 22 heavy (non-hydrogen) atoms. The zero-order valence-corrected chi connectivity index (χ0v) is 12.6. The van der Waals surface area contributed by atoms with Crippen LogP contribution < -0.4 is 5.32 Å². The summed E-state index contributed by atoms with van der Waals surface area (Å²) < 4.78 is 1.75. The Kier molecular flexibility index (Phi) is 4.19. The van der Waals surface area contributed by atoms with Crippen molar-refractivity contribution in [3.63, 3.8) is 0 Å². The molecule has 3 aromatic rings. The summed E-state index contributed by atoms with van der Waals surface area (Å²) in [5, 5.41) is 8.31. The molecule has 0 aliphatic rings. The quantitative estimate of drug-likeness (QED) is 0.786. The number of hydrogen-bond acceptors (Lipinski definition) is 2. The normalized spacial score (nSPS) is 10.8. The molecule has 4 nitrogen and oxygen atoms in total. The van der Waals surface area contributed by atoms with E-state index in [9.17, 15) is 4.79 Å². The molecule has 0 spiro atoms. The Morgan fingerprint density at radius 3 is 2.82 bits per heavy atom. The Hall–Kier alpha value is -2.62. The first-order chi connectivity index (χ1) is 10.7. The van der Waals surface area contributed by atoms with Crippen LogP contribution in [0.4, 0.5) is 0 Å². The molecular formula is C18H19N3O. The zero-order chi connectivity index (χ0) is 15.4. The minimum absolute atomic E-state index is 0.0116. The summed E-state index contributed by atoms with van der Waals surface area (Å²) in [6.07, 6.45) is 2.64. The van der Waals surface area contributed by atoms with Crippen LogP contribution in [0.15, 0.2) is 54.7 Å². The lowest BCUT2D eigenvalue weighted by Crippen LogP contribution is -2.29. The lowest BCUT2D eigenvalue weighted by molar-refractivity contribution is -0.121. The highest BCUT2D eigenvalue weighted by molar-refractivity contribution is 5.82. The van der Waals surface area contributed by atoms with Crippen molar-refractivity contribution in [1.82, 2.24) is 15.1 Å². The van der Waals surface area contributed by atoms with Crippen LogP contribution in [0.5, 0.6) is 0 Å². The summed E-state index contributed by atoms with van der Waals surface area (Å²) in [5.74, 6) is -0.0116. The molecular weight excluding hydrogens is 274 g/mol. The van der Waals surface area contributed by atoms with Crippen molar-refractivity contribution in [3.8, 4) is 0 Å². The van der Waals surface area contributed by atoms with Crippen LogP contribution in [-0.2, 0) is 17.8 Å². The van der Waals surface area contributed by atoms with E-state index >= 15 is 0 Å². The number of carbonyl (C=O) groups excluding carboxylic acids is 1. The number of fused-ring (bicyclic) bond motifs is 1. The summed E-state index contributed by atoms with van der Waals surface area (Å²) in [5.41, 5.74) is 3.39. The number of benzene rings is 2. The summed E-state index contributed by atoms with van der Waals surface area (Å²) >= 11 is 0. The minimum atomic E-state index is -0.0116. The van der Waals surface area contributed by atoms with Crippen LogP contribution >= 0.6 is 0 Å². The Balaban J connectivity index is 1.58. The fourth-order valence-corrected chi connectivity index (χ4v) is 2.49. The van der Waals surface area contributed by atoms with Crippen LogP contribution in [-0.4, -0.2) is 22.2 Å². The van der Waals surface area contributed by atoms with Gasteiger partial charge in [-0.3, -0.25) is 9.48 Å². The smallest absolute Gasteiger partial charge is 0.241 e. The average molecular weight is 293 g/mol. The molecule has 0 aliphatic carbocycles. The van der Waals surface area contributed by atoms with Gasteiger partial charge in [0.2, 0.25) is 5.91 Å². The third kappa shape index (κ3) is 3.34. The summed E-state index contributed by atoms with van der Waals surface area (Å²) in [6, 6.07) is 16.3. The van der Waals surface area contributed by atoms with Crippen LogP contribution in [0.25, 0.3) is 10.9 Å². The predicted octanol–water partition coefficient (Wildman–Crippen LogP) is 2.70. The van der Waals surface area contributed by atoms with Gasteiger partial charge in [-0.25, -0.2) is 0 Å². The van der Waals surface area contributed by atoms with E-state index in [-0.39, 0.29) is 12.5 Å². The monoisotopic (exact) mass is 293 g/mol. The van der Waals surface area contributed by atoms with Gasteiger partial charge in [-0.1, -0.05) is 42.5 Å². The van der Waals surface area contributed by atoms with E-state index in [1.165, 1.54) is 11.1 Å². The van der Waals surface area contributed by atoms with Gasteiger partial charge in [0, 0.05) is 11.9 Å². The molecule has 3 rings (SSSR count). The molecule has 1 heterocycles. The topological polar surface area (TPSA) is 46.9 Å². The van der Waals surface area contributed by atoms with Crippen molar-refractivity contribution >= 4 is 16.8 Å². The minimum Gasteiger partial charge on any atom is -0.354 e. The number of nitrogens with one attached hydrogen (secondary N) is 1. The highest BCUT2D eigenvalue weighted by Crippen LogP contribution is 2.15. The highest BCUT2D eigenvalue weighted by atomic mass is 16.2. The summed E-state index contributed by atoms with van der Waals surface area (Å²) in [6.45, 7) is 2.93. The molecule has 4 heteroatoms. The van der Waals surface area contributed by atoms with E-state index in [0.717, 1.165) is 17.3 Å². The van der Waals surface area contributed by atoms with Crippen LogP contribution in [0.2, 0.25) is 0 Å². The van der Waals surface area contributed by atoms with Gasteiger partial charge >= 0.3 is 0 Å². The molecule has 0 atom stereocenters. The molecule has 0 saturated carbocycles. The predicted molar refractivity (Wildman–Crippen MR) is 87.6 cm³/mol. The second kappa shape index (κ2) is 6.43. The van der Waals surface area contributed by atoms with Crippen LogP contribution in [0.1, 0.15) is 11.1 Å². The van der Waals surface area contributed by atoms with Gasteiger partial charge in [-0.05, 0) is 30.5 Å². The maximum atomic E-state index is 12.1. The van der Waals surface area contributed by atoms with Crippen molar-refractivity contribution in [3.05, 3.63) is 65.9 Å². The molecule has 112 valence electrons. The molecule has 0 radical (unpaired) electrons. The second-order valence-corrected chi connectivity index (χ2v) is 5.45. The zero-order valence-electron chi connectivity index (χ0n) is 12.6. The Morgan fingerprint density at radius 1 is 1.18 bits per heavy atom. The molecule has 1 amide bonds. The molecule has 0 fully saturated rings. The van der Waals surface area contributed by atoms with Gasteiger partial charge in [0.25, 0.3) is 0 Å². The van der Waals surface area contributed by atoms with Crippen molar-refractivity contribution in [1.29, 1.82) is 0 Å². The maximum Gasteiger partial charge on any atom is 0.241 e. The molecule has 0 saturated heterocycles. The summed E-state index contributed by atoms with van der Waals surface area (Å²) in [7, 11) is 0. The maximum absolute atomic E-state index is 12.1. The number of nitrogens with zero attached hydrogens (tertiary/aromatic N) is 2. The van der Waals surface area contributed by atoms with Crippen molar-refractivity contribution in [2.45, 2.75) is 19.9 Å². The Bertz CT molecular complexity index is 777. The van der Waals surface area contributed by atoms with Crippen molar-refractivity contribution in [2.75, 3.05) is 6.54 Å². The average Bonchev–Trinajstić information content (AvgIpc) is 2.90. The summed E-state index contributed by atoms with van der Waals surface area (Å²) in [4.78, 5) is 12.1. The Morgan fingerprint density at radius 2 is 2.00 bits per heavy atom. The first-order valence-corrected chi connectivity index (χ1v) is 7.45. The standard InChI is InChI=1S/C18H19N3O/c1-14-7-8-16-12-20-21(17(16)11-14)13-18(22)19-10-9-15-5-3-2-4-6-15/h2-8,11-12H,9-10,13H2,1H3,(H,19,22). The lowest BCUT2D eigenvalue weighted by atomic mass is 10.1. The molecule has 0 unspecified atom stereocenters. The number of hydrogen-bond donors (Lipinski definition) is 1. The van der Waals surface area contributed by atoms with E-state index in [2.05, 4.69) is 28.6 Å². The molecule has 1 N–H and O–H groups in total. The number of amides is 1. The van der Waals surface area contributed by atoms with Crippen molar-refractivity contribution < 1.29 is 4.79 Å². The van der Waals surface area contributed by atoms with Gasteiger partial charge in [0.1, 0.15) is 6.54 Å². The highest BCUT2D eigenvalue weighted by Gasteiger charge is 2.07. The molecule has 0 bridgehead atoms. The fourth-order valence-electron chi connectivity index (χ4n) is 2.49. The number of aromatic nitrogens is 2. The van der Waals surface area contributed by atoms with Crippen LogP contribution in [0, 0.1) is 6.92 Å². The van der Waals surface area contributed by atoms with Crippen LogP contribution in [0.3, 0.4) is 0 Å². The van der Waals surface area contributed by atoms with Crippen molar-refractivity contribution in [2.24, 2.45) is 0 Å². The third-order valence-electron chi connectivity index (χ3n) is 3.67. The van der Waals surface area contributed by atoms with Gasteiger partial charge in [-0.2, -0.15) is 5.10 Å². The molecule has 1 aromatic heterocycles. The van der Waals surface area contributed by atoms with Gasteiger partial charge in [0.05, 0.1) is 11.7 Å². The number of aryl methyl sites for hydroxylation is 1.